The van der Waals surface area contributed by atoms with E-state index in [4.69, 9.17) is 10.00 Å². The molecule has 0 fully saturated rings. The quantitative estimate of drug-likeness (QED) is 0.827. The van der Waals surface area contributed by atoms with Crippen molar-refractivity contribution >= 4 is 43.2 Å². The molecule has 2 aromatic rings. The van der Waals surface area contributed by atoms with Crippen molar-refractivity contribution < 1.29 is 4.74 Å². The SMILES string of the molecule is COc1ccc(Br)c(Nc2cc(Br)cc(C#N)c2)c1. The molecule has 0 aliphatic heterocycles. The molecule has 0 aliphatic carbocycles. The maximum absolute atomic E-state index is 8.96. The van der Waals surface area contributed by atoms with Gasteiger partial charge in [-0.3, -0.25) is 0 Å². The third-order valence-electron chi connectivity index (χ3n) is 2.48. The average molecular weight is 382 g/mol. The van der Waals surface area contributed by atoms with Crippen molar-refractivity contribution in [2.24, 2.45) is 0 Å². The van der Waals surface area contributed by atoms with Crippen LogP contribution >= 0.6 is 31.9 Å². The number of ether oxygens (including phenoxy) is 1. The largest absolute Gasteiger partial charge is 0.497 e. The zero-order valence-corrected chi connectivity index (χ0v) is 13.2. The van der Waals surface area contributed by atoms with Crippen LogP contribution in [0.15, 0.2) is 45.3 Å². The lowest BCUT2D eigenvalue weighted by molar-refractivity contribution is 0.415. The molecule has 0 radical (unpaired) electrons. The summed E-state index contributed by atoms with van der Waals surface area (Å²) >= 11 is 6.86. The Kier molecular flexibility index (Phi) is 4.46. The third kappa shape index (κ3) is 3.49. The molecule has 0 saturated heterocycles. The van der Waals surface area contributed by atoms with Crippen LogP contribution in [0.25, 0.3) is 0 Å². The average Bonchev–Trinajstić information content (AvgIpc) is 2.40. The minimum Gasteiger partial charge on any atom is -0.497 e. The van der Waals surface area contributed by atoms with Crippen LogP contribution in [0.1, 0.15) is 5.56 Å². The molecule has 1 N–H and O–H groups in total. The van der Waals surface area contributed by atoms with Crippen LogP contribution in [0.3, 0.4) is 0 Å². The zero-order chi connectivity index (χ0) is 13.8. The molecule has 0 atom stereocenters. The van der Waals surface area contributed by atoms with Crippen molar-refractivity contribution in [3.8, 4) is 11.8 Å². The van der Waals surface area contributed by atoms with Gasteiger partial charge >= 0.3 is 0 Å². The lowest BCUT2D eigenvalue weighted by atomic mass is 10.2. The number of methoxy groups -OCH3 is 1. The van der Waals surface area contributed by atoms with E-state index in [9.17, 15) is 0 Å². The molecule has 19 heavy (non-hydrogen) atoms. The first-order chi connectivity index (χ1) is 9.12. The molecule has 0 heterocycles. The highest BCUT2D eigenvalue weighted by atomic mass is 79.9. The number of halogens is 2. The Morgan fingerprint density at radius 1 is 1.16 bits per heavy atom. The van der Waals surface area contributed by atoms with Crippen molar-refractivity contribution in [1.82, 2.24) is 0 Å². The Hall–Kier alpha value is -1.51. The Balaban J connectivity index is 2.36. The number of anilines is 2. The Morgan fingerprint density at radius 2 is 1.95 bits per heavy atom. The first-order valence-corrected chi connectivity index (χ1v) is 7.02. The van der Waals surface area contributed by atoms with Crippen molar-refractivity contribution in [3.05, 3.63) is 50.9 Å². The fraction of sp³-hybridized carbons (Fsp3) is 0.0714. The van der Waals surface area contributed by atoms with Crippen molar-refractivity contribution in [2.45, 2.75) is 0 Å². The van der Waals surface area contributed by atoms with Gasteiger partial charge in [0.1, 0.15) is 5.75 Å². The van der Waals surface area contributed by atoms with Crippen LogP contribution < -0.4 is 10.1 Å². The maximum Gasteiger partial charge on any atom is 0.121 e. The number of nitrogens with one attached hydrogen (secondary N) is 1. The maximum atomic E-state index is 8.96. The van der Waals surface area contributed by atoms with Gasteiger partial charge in [0.25, 0.3) is 0 Å². The van der Waals surface area contributed by atoms with Crippen LogP contribution in [0, 0.1) is 11.3 Å². The number of nitrogens with zero attached hydrogens (tertiary/aromatic N) is 1. The van der Waals surface area contributed by atoms with E-state index in [-0.39, 0.29) is 0 Å². The smallest absolute Gasteiger partial charge is 0.121 e. The lowest BCUT2D eigenvalue weighted by Gasteiger charge is -2.11. The minimum absolute atomic E-state index is 0.593. The van der Waals surface area contributed by atoms with Gasteiger partial charge in [0.15, 0.2) is 0 Å². The zero-order valence-electron chi connectivity index (χ0n) is 10.1. The standard InChI is InChI=1S/C14H10Br2N2O/c1-19-12-2-3-13(16)14(7-12)18-11-5-9(8-17)4-10(15)6-11/h2-7,18H,1H3. The number of hydrogen-bond donors (Lipinski definition) is 1. The van der Waals surface area contributed by atoms with Gasteiger partial charge < -0.3 is 10.1 Å². The first-order valence-electron chi connectivity index (χ1n) is 5.43. The Bertz CT molecular complexity index is 650. The molecule has 0 spiro atoms. The summed E-state index contributed by atoms with van der Waals surface area (Å²) in [7, 11) is 1.62. The second-order valence-electron chi connectivity index (χ2n) is 3.81. The van der Waals surface area contributed by atoms with Crippen LogP contribution in [-0.4, -0.2) is 7.11 Å². The highest BCUT2D eigenvalue weighted by molar-refractivity contribution is 9.10. The van der Waals surface area contributed by atoms with Gasteiger partial charge in [0.05, 0.1) is 24.4 Å². The van der Waals surface area contributed by atoms with Gasteiger partial charge in [-0.2, -0.15) is 5.26 Å². The van der Waals surface area contributed by atoms with Crippen molar-refractivity contribution in [3.63, 3.8) is 0 Å². The molecule has 0 bridgehead atoms. The van der Waals surface area contributed by atoms with Gasteiger partial charge in [-0.15, -0.1) is 0 Å². The number of nitriles is 1. The molecule has 5 heteroatoms. The van der Waals surface area contributed by atoms with E-state index in [0.717, 1.165) is 26.1 Å². The van der Waals surface area contributed by atoms with Gasteiger partial charge in [0, 0.05) is 20.7 Å². The predicted molar refractivity (Wildman–Crippen MR) is 82.8 cm³/mol. The van der Waals surface area contributed by atoms with Gasteiger partial charge in [-0.25, -0.2) is 0 Å². The monoisotopic (exact) mass is 380 g/mol. The highest BCUT2D eigenvalue weighted by Crippen LogP contribution is 2.31. The summed E-state index contributed by atoms with van der Waals surface area (Å²) in [5.41, 5.74) is 2.30. The lowest BCUT2D eigenvalue weighted by Crippen LogP contribution is -1.93. The topological polar surface area (TPSA) is 45.0 Å². The molecular formula is C14H10Br2N2O. The fourth-order valence-corrected chi connectivity index (χ4v) is 2.45. The Morgan fingerprint density at radius 3 is 2.63 bits per heavy atom. The van der Waals surface area contributed by atoms with Crippen molar-refractivity contribution in [1.29, 1.82) is 5.26 Å². The molecule has 3 nitrogen and oxygen atoms in total. The first kappa shape index (κ1) is 13.9. The van der Waals surface area contributed by atoms with Crippen molar-refractivity contribution in [2.75, 3.05) is 12.4 Å². The summed E-state index contributed by atoms with van der Waals surface area (Å²) in [6.45, 7) is 0. The summed E-state index contributed by atoms with van der Waals surface area (Å²) < 4.78 is 6.97. The predicted octanol–water partition coefficient (Wildman–Crippen LogP) is 4.84. The fourth-order valence-electron chi connectivity index (χ4n) is 1.61. The number of hydrogen-bond acceptors (Lipinski definition) is 3. The summed E-state index contributed by atoms with van der Waals surface area (Å²) in [5, 5.41) is 12.2. The van der Waals surface area contributed by atoms with E-state index in [1.54, 1.807) is 19.2 Å². The van der Waals surface area contributed by atoms with Crippen LogP contribution in [0.2, 0.25) is 0 Å². The van der Waals surface area contributed by atoms with Gasteiger partial charge in [-0.1, -0.05) is 15.9 Å². The van der Waals surface area contributed by atoms with E-state index in [1.165, 1.54) is 0 Å². The molecule has 0 unspecified atom stereocenters. The van der Waals surface area contributed by atoms with Gasteiger partial charge in [-0.05, 0) is 46.3 Å². The summed E-state index contributed by atoms with van der Waals surface area (Å²) in [6.07, 6.45) is 0. The molecule has 2 aromatic carbocycles. The summed E-state index contributed by atoms with van der Waals surface area (Å²) in [5.74, 6) is 0.765. The highest BCUT2D eigenvalue weighted by Gasteiger charge is 2.04. The second-order valence-corrected chi connectivity index (χ2v) is 5.58. The second kappa shape index (κ2) is 6.09. The molecule has 96 valence electrons. The third-order valence-corrected chi connectivity index (χ3v) is 3.63. The number of rotatable bonds is 3. The Labute approximate surface area is 128 Å². The summed E-state index contributed by atoms with van der Waals surface area (Å²) in [4.78, 5) is 0. The molecule has 0 aliphatic rings. The van der Waals surface area contributed by atoms with E-state index in [0.29, 0.717) is 5.56 Å². The number of benzene rings is 2. The summed E-state index contributed by atoms with van der Waals surface area (Å²) in [6, 6.07) is 13.3. The molecular weight excluding hydrogens is 372 g/mol. The molecule has 2 rings (SSSR count). The van der Waals surface area contributed by atoms with Crippen LogP contribution in [0.4, 0.5) is 11.4 Å². The molecule has 0 aromatic heterocycles. The van der Waals surface area contributed by atoms with E-state index in [1.807, 2.05) is 24.3 Å². The molecule has 0 amide bonds. The van der Waals surface area contributed by atoms with E-state index >= 15 is 0 Å². The molecule has 0 saturated carbocycles. The van der Waals surface area contributed by atoms with Crippen LogP contribution in [-0.2, 0) is 0 Å². The normalized spacial score (nSPS) is 9.79. The van der Waals surface area contributed by atoms with Crippen LogP contribution in [0.5, 0.6) is 5.75 Å². The minimum atomic E-state index is 0.593. The van der Waals surface area contributed by atoms with E-state index in [2.05, 4.69) is 43.2 Å². The van der Waals surface area contributed by atoms with Gasteiger partial charge in [0.2, 0.25) is 0 Å². The van der Waals surface area contributed by atoms with E-state index < -0.39 is 0 Å².